The molecule has 0 N–H and O–H groups in total. The van der Waals surface area contributed by atoms with Gasteiger partial charge < -0.3 is 4.57 Å². The van der Waals surface area contributed by atoms with Crippen LogP contribution in [-0.2, 0) is 6.40 Å². The second-order valence-corrected chi connectivity index (χ2v) is 11.9. The highest BCUT2D eigenvalue weighted by molar-refractivity contribution is 6.13. The molecule has 10 rings (SSSR count). The lowest BCUT2D eigenvalue weighted by atomic mass is 10.0. The van der Waals surface area contributed by atoms with Gasteiger partial charge in [0, 0.05) is 34.5 Å². The zero-order valence-electron chi connectivity index (χ0n) is 37.3. The van der Waals surface area contributed by atoms with E-state index in [0.717, 1.165) is 22.3 Å². The summed E-state index contributed by atoms with van der Waals surface area (Å²) in [6, 6.07) is 29.7. The summed E-state index contributed by atoms with van der Waals surface area (Å²) in [7, 11) is 0. The normalized spacial score (nSPS) is 16.5. The summed E-state index contributed by atoms with van der Waals surface area (Å²) in [5, 5.41) is 0.104. The molecule has 0 radical (unpaired) electrons. The van der Waals surface area contributed by atoms with Gasteiger partial charge in [0.05, 0.1) is 24.7 Å². The lowest BCUT2D eigenvalue weighted by molar-refractivity contribution is 1.07. The van der Waals surface area contributed by atoms with Crippen molar-refractivity contribution < 1.29 is 15.1 Å². The van der Waals surface area contributed by atoms with Crippen LogP contribution in [0.4, 0.5) is 0 Å². The van der Waals surface area contributed by atoms with Gasteiger partial charge in [-0.25, -0.2) is 15.0 Å². The largest absolute Gasteiger partial charge is 0.309 e. The molecule has 9 aromatic rings. The summed E-state index contributed by atoms with van der Waals surface area (Å²) in [6.07, 6.45) is -1.46. The van der Waals surface area contributed by atoms with E-state index in [0.29, 0.717) is 28.7 Å². The summed E-state index contributed by atoms with van der Waals surface area (Å²) >= 11 is 0. The van der Waals surface area contributed by atoms with E-state index in [1.54, 1.807) is 24.3 Å². The smallest absolute Gasteiger partial charge is 0.164 e. The van der Waals surface area contributed by atoms with E-state index in [9.17, 15) is 6.85 Å². The standard InChI is InChI=1S/C46H30N4/c1-3-13-30(14-4-1)32-18-11-19-34(27-32)45-47-44(31-15-5-2-6-16-31)48-46(49-45)35-20-12-21-36(28-35)50-41-24-10-9-23-39(41)43-40-29-33-17-7-8-22-37(33)38(40)25-26-42(43)50/h1-28H,29H2/i7D,8D,9D,10D,17D,22D,23D,24D,25D,26D,29D. The zero-order valence-corrected chi connectivity index (χ0v) is 26.3. The molecule has 0 aliphatic heterocycles. The van der Waals surface area contributed by atoms with Gasteiger partial charge >= 0.3 is 0 Å². The second-order valence-electron chi connectivity index (χ2n) is 11.9. The summed E-state index contributed by atoms with van der Waals surface area (Å²) in [5.41, 5.74) is 4.34. The van der Waals surface area contributed by atoms with E-state index >= 15 is 0 Å². The van der Waals surface area contributed by atoms with E-state index < -0.39 is 60.8 Å². The van der Waals surface area contributed by atoms with Crippen LogP contribution < -0.4 is 0 Å². The van der Waals surface area contributed by atoms with Gasteiger partial charge in [0.25, 0.3) is 0 Å². The third kappa shape index (κ3) is 4.65. The average Bonchev–Trinajstić information content (AvgIpc) is 3.81. The highest BCUT2D eigenvalue weighted by atomic mass is 15.0. The van der Waals surface area contributed by atoms with Crippen LogP contribution in [0.3, 0.4) is 0 Å². The predicted octanol–water partition coefficient (Wildman–Crippen LogP) is 11.2. The predicted molar refractivity (Wildman–Crippen MR) is 204 cm³/mol. The summed E-state index contributed by atoms with van der Waals surface area (Å²) in [4.78, 5) is 14.8. The second kappa shape index (κ2) is 11.5. The number of nitrogens with zero attached hydrogens (tertiary/aromatic N) is 4. The fraction of sp³-hybridized carbons (Fsp3) is 0.0217. The molecule has 0 spiro atoms. The highest BCUT2D eigenvalue weighted by Crippen LogP contribution is 2.44. The zero-order chi connectivity index (χ0) is 42.6. The molecule has 234 valence electrons. The Kier molecular flexibility index (Phi) is 4.46. The molecule has 4 heteroatoms. The van der Waals surface area contributed by atoms with Crippen molar-refractivity contribution in [3.8, 4) is 62.1 Å². The van der Waals surface area contributed by atoms with E-state index in [2.05, 4.69) is 0 Å². The van der Waals surface area contributed by atoms with E-state index in [1.807, 2.05) is 84.9 Å². The Morgan fingerprint density at radius 1 is 0.500 bits per heavy atom. The molecular weight excluding hydrogens is 609 g/mol. The molecule has 0 fully saturated rings. The average molecular weight is 650 g/mol. The number of aromatic nitrogens is 4. The van der Waals surface area contributed by atoms with Crippen LogP contribution in [0.2, 0.25) is 0 Å². The Labute approximate surface area is 305 Å². The fourth-order valence-corrected chi connectivity index (χ4v) is 6.67. The van der Waals surface area contributed by atoms with Crippen molar-refractivity contribution >= 4 is 21.8 Å². The number of fused-ring (bicyclic) bond motifs is 7. The Morgan fingerprint density at radius 2 is 1.12 bits per heavy atom. The van der Waals surface area contributed by atoms with E-state index in [1.165, 1.54) is 4.57 Å². The number of para-hydroxylation sites is 1. The molecule has 0 saturated heterocycles. The Bertz CT molecular complexity index is 3340. The highest BCUT2D eigenvalue weighted by Gasteiger charge is 2.24. The van der Waals surface area contributed by atoms with Gasteiger partial charge in [0.1, 0.15) is 0 Å². The SMILES string of the molecule is [2H]c1c([2H])c([2H])c2c(c1[2H])-c1c([2H])c([2H])c3c(c1C2[2H])c1c([2H])c([2H])c([2H])c([2H])c1n3-c1cccc(-c2nc(-c3ccccc3)nc(-c3cccc(-c4ccccc4)c3)n2)c1. The van der Waals surface area contributed by atoms with E-state index in [4.69, 9.17) is 23.2 Å². The monoisotopic (exact) mass is 649 g/mol. The third-order valence-electron chi connectivity index (χ3n) is 8.96. The molecule has 2 heterocycles. The van der Waals surface area contributed by atoms with Crippen LogP contribution >= 0.6 is 0 Å². The van der Waals surface area contributed by atoms with Crippen molar-refractivity contribution in [3.63, 3.8) is 0 Å². The Morgan fingerprint density at radius 3 is 1.92 bits per heavy atom. The number of hydrogen-bond donors (Lipinski definition) is 0. The van der Waals surface area contributed by atoms with Gasteiger partial charge in [-0.1, -0.05) is 139 Å². The first-order valence-corrected chi connectivity index (χ1v) is 16.1. The topological polar surface area (TPSA) is 43.6 Å². The van der Waals surface area contributed by atoms with Crippen molar-refractivity contribution in [3.05, 3.63) is 181 Å². The summed E-state index contributed by atoms with van der Waals surface area (Å²) < 4.78 is 99.8. The van der Waals surface area contributed by atoms with Crippen molar-refractivity contribution in [2.75, 3.05) is 0 Å². The quantitative estimate of drug-likeness (QED) is 0.186. The van der Waals surface area contributed by atoms with Crippen molar-refractivity contribution in [2.24, 2.45) is 0 Å². The summed E-state index contributed by atoms with van der Waals surface area (Å²) in [5.74, 6) is 1.13. The molecule has 1 aliphatic rings. The molecule has 2 aromatic heterocycles. The van der Waals surface area contributed by atoms with Crippen molar-refractivity contribution in [2.45, 2.75) is 6.40 Å². The van der Waals surface area contributed by atoms with Crippen LogP contribution in [0.15, 0.2) is 170 Å². The van der Waals surface area contributed by atoms with Crippen molar-refractivity contribution in [1.29, 1.82) is 0 Å². The van der Waals surface area contributed by atoms with E-state index in [-0.39, 0.29) is 50.1 Å². The maximum absolute atomic E-state index is 9.49. The Hall–Kier alpha value is -6.65. The maximum atomic E-state index is 9.49. The number of benzene rings is 7. The number of hydrogen-bond acceptors (Lipinski definition) is 3. The lowest BCUT2D eigenvalue weighted by Crippen LogP contribution is -2.01. The third-order valence-corrected chi connectivity index (χ3v) is 8.96. The van der Waals surface area contributed by atoms with Crippen LogP contribution in [0.25, 0.3) is 83.9 Å². The van der Waals surface area contributed by atoms with Gasteiger partial charge in [0.15, 0.2) is 17.5 Å². The molecule has 0 amide bonds. The van der Waals surface area contributed by atoms with Crippen molar-refractivity contribution in [1.82, 2.24) is 19.5 Å². The molecule has 0 bridgehead atoms. The molecule has 1 atom stereocenters. The number of rotatable bonds is 5. The molecule has 7 aromatic carbocycles. The van der Waals surface area contributed by atoms with Gasteiger partial charge in [-0.15, -0.1) is 0 Å². The Balaban J connectivity index is 1.25. The van der Waals surface area contributed by atoms with Gasteiger partial charge in [0.2, 0.25) is 0 Å². The minimum Gasteiger partial charge on any atom is -0.309 e. The van der Waals surface area contributed by atoms with Crippen LogP contribution in [0.5, 0.6) is 0 Å². The van der Waals surface area contributed by atoms with Crippen LogP contribution in [0.1, 0.15) is 26.2 Å². The van der Waals surface area contributed by atoms with Gasteiger partial charge in [-0.2, -0.15) is 0 Å². The molecule has 1 unspecified atom stereocenters. The lowest BCUT2D eigenvalue weighted by Gasteiger charge is -2.12. The first kappa shape index (κ1) is 19.4. The molecule has 1 aliphatic carbocycles. The minimum absolute atomic E-state index is 0.00111. The maximum Gasteiger partial charge on any atom is 0.164 e. The first-order valence-electron chi connectivity index (χ1n) is 21.6. The molecule has 0 saturated carbocycles. The molecular formula is C46H30N4. The van der Waals surface area contributed by atoms with Crippen LogP contribution in [0, 0.1) is 0 Å². The van der Waals surface area contributed by atoms with Gasteiger partial charge in [-0.3, -0.25) is 0 Å². The molecule has 50 heavy (non-hydrogen) atoms. The minimum atomic E-state index is -1.46. The fourth-order valence-electron chi connectivity index (χ4n) is 6.67. The van der Waals surface area contributed by atoms with Gasteiger partial charge in [-0.05, 0) is 70.1 Å². The summed E-state index contributed by atoms with van der Waals surface area (Å²) in [6.45, 7) is 0. The first-order chi connectivity index (χ1) is 29.4. The van der Waals surface area contributed by atoms with Crippen LogP contribution in [-0.4, -0.2) is 19.5 Å². The molecule has 4 nitrogen and oxygen atoms in total.